The van der Waals surface area contributed by atoms with E-state index < -0.39 is 22.8 Å². The number of dihydropyridines is 1. The predicted octanol–water partition coefficient (Wildman–Crippen LogP) is 3.33. The Morgan fingerprint density at radius 2 is 1.67 bits per heavy atom. The van der Waals surface area contributed by atoms with Crippen LogP contribution in [0.25, 0.3) is 0 Å². The normalized spacial score (nSPS) is 15.2. The van der Waals surface area contributed by atoms with Gasteiger partial charge in [0.05, 0.1) is 47.5 Å². The molecule has 10 heteroatoms. The molecule has 2 aromatic carbocycles. The number of para-hydroxylation sites is 1. The summed E-state index contributed by atoms with van der Waals surface area (Å²) < 4.78 is 16.1. The molecule has 0 fully saturated rings. The van der Waals surface area contributed by atoms with Crippen molar-refractivity contribution in [2.45, 2.75) is 26.4 Å². The van der Waals surface area contributed by atoms with Crippen LogP contribution in [0.5, 0.6) is 0 Å². The first kappa shape index (κ1) is 26.3. The fraction of sp³-hybridized carbons (Fsp3) is 0.269. The summed E-state index contributed by atoms with van der Waals surface area (Å²) >= 11 is 0. The number of nitrogens with one attached hydrogen (secondary N) is 1. The average molecular weight is 495 g/mol. The summed E-state index contributed by atoms with van der Waals surface area (Å²) in [5, 5.41) is 14.5. The summed E-state index contributed by atoms with van der Waals surface area (Å²) in [6.07, 6.45) is 0.414. The molecule has 10 nitrogen and oxygen atoms in total. The lowest BCUT2D eigenvalue weighted by Gasteiger charge is -2.29. The molecule has 1 atom stereocenters. The number of carbonyl (C=O) groups excluding carboxylic acids is 3. The van der Waals surface area contributed by atoms with Gasteiger partial charge in [-0.3, -0.25) is 14.9 Å². The zero-order valence-electron chi connectivity index (χ0n) is 19.9. The third-order valence-electron chi connectivity index (χ3n) is 5.44. The lowest BCUT2D eigenvalue weighted by Crippen LogP contribution is -2.34. The van der Waals surface area contributed by atoms with Gasteiger partial charge < -0.3 is 19.5 Å². The van der Waals surface area contributed by atoms with Crippen molar-refractivity contribution >= 4 is 23.9 Å². The first-order chi connectivity index (χ1) is 17.4. The Morgan fingerprint density at radius 1 is 1.00 bits per heavy atom. The second-order valence-corrected chi connectivity index (χ2v) is 7.75. The summed E-state index contributed by atoms with van der Waals surface area (Å²) in [5.41, 5.74) is 0.528. The number of allylic oxidation sites excluding steroid dienone is 2. The van der Waals surface area contributed by atoms with Crippen molar-refractivity contribution in [3.8, 4) is 0 Å². The maximum Gasteiger partial charge on any atom is 0.337 e. The number of hydrogen-bond donors (Lipinski definition) is 1. The van der Waals surface area contributed by atoms with Gasteiger partial charge >= 0.3 is 11.9 Å². The van der Waals surface area contributed by atoms with E-state index in [1.807, 2.05) is 30.3 Å². The summed E-state index contributed by atoms with van der Waals surface area (Å²) in [6.45, 7) is 3.46. The molecule has 2 aromatic rings. The molecule has 0 aromatic heterocycles. The van der Waals surface area contributed by atoms with Crippen molar-refractivity contribution in [2.24, 2.45) is 0 Å². The number of esters is 2. The Hall–Kier alpha value is -4.31. The number of ether oxygens (including phenoxy) is 3. The molecule has 0 saturated heterocycles. The maximum atomic E-state index is 13.2. The van der Waals surface area contributed by atoms with Gasteiger partial charge in [-0.15, -0.1) is 0 Å². The molecule has 0 aliphatic carbocycles. The number of hydrogen-bond acceptors (Lipinski definition) is 9. The second kappa shape index (κ2) is 12.4. The quantitative estimate of drug-likeness (QED) is 0.164. The molecule has 1 unspecified atom stereocenters. The molecule has 0 spiro atoms. The van der Waals surface area contributed by atoms with E-state index in [1.165, 1.54) is 25.1 Å². The van der Waals surface area contributed by atoms with Crippen LogP contribution in [-0.4, -0.2) is 43.0 Å². The molecular weight excluding hydrogens is 468 g/mol. The molecule has 0 amide bonds. The van der Waals surface area contributed by atoms with Gasteiger partial charge in [0, 0.05) is 17.3 Å². The molecule has 3 rings (SSSR count). The number of carbonyl (C=O) groups is 3. The topological polar surface area (TPSA) is 134 Å². The smallest absolute Gasteiger partial charge is 0.337 e. The Labute approximate surface area is 207 Å². The maximum absolute atomic E-state index is 13.2. The summed E-state index contributed by atoms with van der Waals surface area (Å²) in [7, 11) is 0. The highest BCUT2D eigenvalue weighted by molar-refractivity contribution is 6.03. The molecule has 1 N–H and O–H groups in total. The Balaban J connectivity index is 1.90. The molecule has 188 valence electrons. The SMILES string of the molecule is CCOC(=O)C1=C(C=O)NC(C)=C(C(=O)OCCOCc2ccccc2)C1c1ccccc1[N+](=O)[O-]. The Kier molecular flexibility index (Phi) is 9.07. The van der Waals surface area contributed by atoms with Crippen LogP contribution in [0.3, 0.4) is 0 Å². The third kappa shape index (κ3) is 6.02. The summed E-state index contributed by atoms with van der Waals surface area (Å²) in [4.78, 5) is 49.1. The largest absolute Gasteiger partial charge is 0.463 e. The molecule has 1 aliphatic heterocycles. The van der Waals surface area contributed by atoms with E-state index in [4.69, 9.17) is 14.2 Å². The number of nitrogens with zero attached hydrogens (tertiary/aromatic N) is 1. The molecule has 36 heavy (non-hydrogen) atoms. The van der Waals surface area contributed by atoms with E-state index in [2.05, 4.69) is 5.32 Å². The van der Waals surface area contributed by atoms with E-state index in [9.17, 15) is 24.5 Å². The standard InChI is InChI=1S/C26H26N2O8/c1-3-35-26(31)24-20(15-29)27-17(2)22(23(24)19-11-7-8-12-21(19)28(32)33)25(30)36-14-13-34-16-18-9-5-4-6-10-18/h4-12,15,23,27H,3,13-14,16H2,1-2H3. The van der Waals surface area contributed by atoms with Gasteiger partial charge in [0.15, 0.2) is 6.29 Å². The monoisotopic (exact) mass is 494 g/mol. The first-order valence-corrected chi connectivity index (χ1v) is 11.2. The lowest BCUT2D eigenvalue weighted by molar-refractivity contribution is -0.385. The minimum atomic E-state index is -1.26. The number of benzene rings is 2. The van der Waals surface area contributed by atoms with E-state index >= 15 is 0 Å². The van der Waals surface area contributed by atoms with Crippen molar-refractivity contribution in [2.75, 3.05) is 19.8 Å². The molecule has 1 heterocycles. The van der Waals surface area contributed by atoms with E-state index in [0.717, 1.165) is 5.56 Å². The molecule has 0 radical (unpaired) electrons. The number of aldehydes is 1. The van der Waals surface area contributed by atoms with Crippen LogP contribution < -0.4 is 5.32 Å². The van der Waals surface area contributed by atoms with Gasteiger partial charge in [-0.1, -0.05) is 48.5 Å². The third-order valence-corrected chi connectivity index (χ3v) is 5.44. The van der Waals surface area contributed by atoms with Crippen LogP contribution in [0.2, 0.25) is 0 Å². The predicted molar refractivity (Wildman–Crippen MR) is 128 cm³/mol. The van der Waals surface area contributed by atoms with E-state index in [1.54, 1.807) is 13.0 Å². The van der Waals surface area contributed by atoms with Gasteiger partial charge in [-0.2, -0.15) is 0 Å². The highest BCUT2D eigenvalue weighted by atomic mass is 16.6. The van der Waals surface area contributed by atoms with Crippen LogP contribution in [-0.2, 0) is 35.2 Å². The van der Waals surface area contributed by atoms with E-state index in [-0.39, 0.29) is 53.6 Å². The van der Waals surface area contributed by atoms with E-state index in [0.29, 0.717) is 12.9 Å². The van der Waals surface area contributed by atoms with Crippen molar-refractivity contribution in [1.82, 2.24) is 5.32 Å². The molecular formula is C26H26N2O8. The average Bonchev–Trinajstić information content (AvgIpc) is 2.88. The zero-order valence-corrected chi connectivity index (χ0v) is 19.9. The number of rotatable bonds is 11. The second-order valence-electron chi connectivity index (χ2n) is 7.75. The molecule has 0 bridgehead atoms. The number of nitro groups is 1. The lowest BCUT2D eigenvalue weighted by atomic mass is 9.79. The van der Waals surface area contributed by atoms with Crippen LogP contribution in [0.4, 0.5) is 5.69 Å². The molecule has 0 saturated carbocycles. The Morgan fingerprint density at radius 3 is 2.33 bits per heavy atom. The summed E-state index contributed by atoms with van der Waals surface area (Å²) in [6, 6.07) is 15.2. The zero-order chi connectivity index (χ0) is 26.1. The van der Waals surface area contributed by atoms with Crippen molar-refractivity contribution < 1.29 is 33.5 Å². The first-order valence-electron chi connectivity index (χ1n) is 11.2. The van der Waals surface area contributed by atoms with Gasteiger partial charge in [-0.25, -0.2) is 9.59 Å². The Bertz CT molecular complexity index is 1200. The fourth-order valence-corrected chi connectivity index (χ4v) is 3.90. The van der Waals surface area contributed by atoms with Gasteiger partial charge in [0.1, 0.15) is 6.61 Å². The minimum absolute atomic E-state index is 0.000692. The van der Waals surface area contributed by atoms with Crippen LogP contribution >= 0.6 is 0 Å². The molecule has 1 aliphatic rings. The fourth-order valence-electron chi connectivity index (χ4n) is 3.90. The van der Waals surface area contributed by atoms with Gasteiger partial charge in [0.2, 0.25) is 0 Å². The summed E-state index contributed by atoms with van der Waals surface area (Å²) in [5.74, 6) is -2.94. The highest BCUT2D eigenvalue weighted by Crippen LogP contribution is 2.42. The minimum Gasteiger partial charge on any atom is -0.463 e. The van der Waals surface area contributed by atoms with Crippen LogP contribution in [0, 0.1) is 10.1 Å². The highest BCUT2D eigenvalue weighted by Gasteiger charge is 2.41. The number of nitro benzene ring substituents is 1. The van der Waals surface area contributed by atoms with Crippen molar-refractivity contribution in [3.63, 3.8) is 0 Å². The van der Waals surface area contributed by atoms with Crippen molar-refractivity contribution in [1.29, 1.82) is 0 Å². The van der Waals surface area contributed by atoms with Gasteiger partial charge in [0.25, 0.3) is 5.69 Å². The van der Waals surface area contributed by atoms with Crippen LogP contribution in [0.15, 0.2) is 77.1 Å². The van der Waals surface area contributed by atoms with Crippen molar-refractivity contribution in [3.05, 3.63) is 98.4 Å². The van der Waals surface area contributed by atoms with Crippen LogP contribution in [0.1, 0.15) is 30.9 Å². The van der Waals surface area contributed by atoms with Gasteiger partial charge in [-0.05, 0) is 19.4 Å².